The first-order valence-corrected chi connectivity index (χ1v) is 12.1. The molecule has 3 heterocycles. The summed E-state index contributed by atoms with van der Waals surface area (Å²) in [6.45, 7) is 6.55. The Bertz CT molecular complexity index is 852. The van der Waals surface area contributed by atoms with E-state index in [0.29, 0.717) is 43.4 Å². The van der Waals surface area contributed by atoms with Gasteiger partial charge in [0.25, 0.3) is 0 Å². The summed E-state index contributed by atoms with van der Waals surface area (Å²) >= 11 is 6.11. The van der Waals surface area contributed by atoms with Crippen molar-refractivity contribution in [1.82, 2.24) is 14.7 Å². The molecule has 3 fully saturated rings. The Balaban J connectivity index is 1.25. The number of benzene rings is 1. The van der Waals surface area contributed by atoms with Crippen LogP contribution in [-0.2, 0) is 14.3 Å². The molecule has 180 valence electrons. The number of para-hydroxylation sites is 1. The predicted molar refractivity (Wildman–Crippen MR) is 124 cm³/mol. The van der Waals surface area contributed by atoms with Crippen LogP contribution in [0.4, 0.5) is 4.79 Å². The van der Waals surface area contributed by atoms with E-state index in [2.05, 4.69) is 4.90 Å². The minimum Gasteiger partial charge on any atom is -0.487 e. The van der Waals surface area contributed by atoms with Crippen molar-refractivity contribution in [3.8, 4) is 5.75 Å². The lowest BCUT2D eigenvalue weighted by atomic mass is 10.1. The number of ether oxygens (including phenoxy) is 3. The molecule has 0 spiro atoms. The Hall–Kier alpha value is -2.29. The maximum atomic E-state index is 13.0. The van der Waals surface area contributed by atoms with Gasteiger partial charge in [0.15, 0.2) is 5.75 Å². The first kappa shape index (κ1) is 23.9. The topological polar surface area (TPSA) is 74.9 Å². The lowest BCUT2D eigenvalue weighted by Crippen LogP contribution is -2.56. The van der Waals surface area contributed by atoms with Gasteiger partial charge in [0, 0.05) is 39.1 Å². The largest absolute Gasteiger partial charge is 0.487 e. The van der Waals surface area contributed by atoms with Gasteiger partial charge in [-0.2, -0.15) is 0 Å². The number of epoxide rings is 1. The summed E-state index contributed by atoms with van der Waals surface area (Å²) in [5, 5.41) is 0.387. The minimum absolute atomic E-state index is 0.128. The quantitative estimate of drug-likeness (QED) is 0.423. The highest BCUT2D eigenvalue weighted by atomic mass is 35.5. The van der Waals surface area contributed by atoms with Crippen LogP contribution in [0.3, 0.4) is 0 Å². The van der Waals surface area contributed by atoms with Gasteiger partial charge < -0.3 is 24.0 Å². The number of unbranched alkanes of at least 4 members (excludes halogenated alkanes) is 2. The van der Waals surface area contributed by atoms with Crippen LogP contribution in [0.1, 0.15) is 25.7 Å². The number of carbonyl (C=O) groups is 2. The third-order valence-corrected chi connectivity index (χ3v) is 6.50. The predicted octanol–water partition coefficient (Wildman–Crippen LogP) is 3.16. The molecule has 4 rings (SSSR count). The van der Waals surface area contributed by atoms with Gasteiger partial charge in [0.05, 0.1) is 24.3 Å². The van der Waals surface area contributed by atoms with Crippen molar-refractivity contribution in [1.29, 1.82) is 0 Å². The zero-order chi connectivity index (χ0) is 23.0. The number of carbonyl (C=O) groups excluding carboxylic acids is 2. The van der Waals surface area contributed by atoms with Crippen LogP contribution in [0.15, 0.2) is 36.1 Å². The normalized spacial score (nSPS) is 22.2. The third kappa shape index (κ3) is 7.09. The zero-order valence-corrected chi connectivity index (χ0v) is 19.7. The van der Waals surface area contributed by atoms with Crippen LogP contribution in [0.2, 0.25) is 5.02 Å². The molecule has 0 saturated carbocycles. The molecule has 0 unspecified atom stereocenters. The van der Waals surface area contributed by atoms with Gasteiger partial charge in [-0.1, -0.05) is 30.2 Å². The number of amides is 2. The number of rotatable bonds is 8. The van der Waals surface area contributed by atoms with E-state index in [1.165, 1.54) is 0 Å². The molecule has 0 aromatic heterocycles. The average molecular weight is 478 g/mol. The van der Waals surface area contributed by atoms with E-state index < -0.39 is 6.09 Å². The van der Waals surface area contributed by atoms with E-state index in [1.54, 1.807) is 29.2 Å². The van der Waals surface area contributed by atoms with Crippen molar-refractivity contribution in [2.24, 2.45) is 0 Å². The molecule has 0 N–H and O–H groups in total. The molecule has 3 aliphatic heterocycles. The van der Waals surface area contributed by atoms with Crippen LogP contribution in [0, 0.1) is 0 Å². The summed E-state index contributed by atoms with van der Waals surface area (Å²) < 4.78 is 16.1. The second kappa shape index (κ2) is 11.7. The van der Waals surface area contributed by atoms with E-state index in [0.717, 1.165) is 57.9 Å². The van der Waals surface area contributed by atoms with Gasteiger partial charge in [-0.25, -0.2) is 4.79 Å². The smallest absolute Gasteiger partial charge is 0.415 e. The molecule has 8 nitrogen and oxygen atoms in total. The van der Waals surface area contributed by atoms with Crippen LogP contribution < -0.4 is 4.74 Å². The van der Waals surface area contributed by atoms with Crippen molar-refractivity contribution in [3.63, 3.8) is 0 Å². The van der Waals surface area contributed by atoms with Gasteiger partial charge >= 0.3 is 6.09 Å². The highest BCUT2D eigenvalue weighted by molar-refractivity contribution is 6.32. The summed E-state index contributed by atoms with van der Waals surface area (Å²) in [5.74, 6) is 1.33. The molecule has 9 heteroatoms. The van der Waals surface area contributed by atoms with Gasteiger partial charge in [0.2, 0.25) is 5.91 Å². The monoisotopic (exact) mass is 477 g/mol. The summed E-state index contributed by atoms with van der Waals surface area (Å²) in [6.07, 6.45) is 5.01. The van der Waals surface area contributed by atoms with E-state index in [9.17, 15) is 9.59 Å². The molecule has 1 aromatic rings. The van der Waals surface area contributed by atoms with Crippen LogP contribution in [-0.4, -0.2) is 91.8 Å². The second-order valence-electron chi connectivity index (χ2n) is 8.59. The van der Waals surface area contributed by atoms with E-state index in [-0.39, 0.29) is 11.9 Å². The van der Waals surface area contributed by atoms with Gasteiger partial charge in [-0.15, -0.1) is 0 Å². The van der Waals surface area contributed by atoms with E-state index >= 15 is 0 Å². The van der Waals surface area contributed by atoms with Crippen LogP contribution in [0.5, 0.6) is 5.75 Å². The van der Waals surface area contributed by atoms with Crippen molar-refractivity contribution in [3.05, 3.63) is 41.1 Å². The Kier molecular flexibility index (Phi) is 8.47. The molecule has 33 heavy (non-hydrogen) atoms. The molecule has 0 bridgehead atoms. The number of halogens is 1. The van der Waals surface area contributed by atoms with Gasteiger partial charge in [-0.3, -0.25) is 9.69 Å². The highest BCUT2D eigenvalue weighted by Crippen LogP contribution is 2.25. The molecule has 0 aliphatic carbocycles. The molecule has 2 amide bonds. The fraction of sp³-hybridized carbons (Fsp3) is 0.583. The molecule has 3 saturated heterocycles. The molecule has 0 radical (unpaired) electrons. The Labute approximate surface area is 200 Å². The van der Waals surface area contributed by atoms with Crippen molar-refractivity contribution < 1.29 is 23.8 Å². The van der Waals surface area contributed by atoms with Gasteiger partial charge in [-0.05, 0) is 37.6 Å². The molecule has 3 aliphatic rings. The number of hydrogen-bond donors (Lipinski definition) is 0. The fourth-order valence-corrected chi connectivity index (χ4v) is 4.40. The molecule has 1 aromatic carbocycles. The highest BCUT2D eigenvalue weighted by Gasteiger charge is 2.33. The Morgan fingerprint density at radius 2 is 1.88 bits per heavy atom. The number of piperazine rings is 1. The SMILES string of the molecule is O=C(Oc1ccccc1Cl)N1CCN(C(=O)CCCCCN2CCOCC2)[C@H](C=C2CO2)C1. The fourth-order valence-electron chi connectivity index (χ4n) is 4.22. The summed E-state index contributed by atoms with van der Waals surface area (Å²) in [4.78, 5) is 31.6. The average Bonchev–Trinajstić information content (AvgIpc) is 3.65. The first-order chi connectivity index (χ1) is 16.1. The van der Waals surface area contributed by atoms with Gasteiger partial charge in [0.1, 0.15) is 12.4 Å². The maximum absolute atomic E-state index is 13.0. The van der Waals surface area contributed by atoms with E-state index in [1.807, 2.05) is 11.0 Å². The second-order valence-corrected chi connectivity index (χ2v) is 8.99. The third-order valence-electron chi connectivity index (χ3n) is 6.19. The van der Waals surface area contributed by atoms with Crippen molar-refractivity contribution in [2.45, 2.75) is 31.7 Å². The first-order valence-electron chi connectivity index (χ1n) is 11.7. The Morgan fingerprint density at radius 3 is 2.64 bits per heavy atom. The maximum Gasteiger partial charge on any atom is 0.415 e. The molecular weight excluding hydrogens is 446 g/mol. The van der Waals surface area contributed by atoms with Crippen molar-refractivity contribution >= 4 is 23.6 Å². The number of hydrogen-bond acceptors (Lipinski definition) is 6. The lowest BCUT2D eigenvalue weighted by Gasteiger charge is -2.39. The van der Waals surface area contributed by atoms with Crippen LogP contribution in [0.25, 0.3) is 0 Å². The summed E-state index contributed by atoms with van der Waals surface area (Å²) in [6, 6.07) is 6.68. The molecule has 1 atom stereocenters. The zero-order valence-electron chi connectivity index (χ0n) is 18.9. The molecular formula is C24H32ClN3O5. The summed E-state index contributed by atoms with van der Waals surface area (Å²) in [5.41, 5.74) is 0. The Morgan fingerprint density at radius 1 is 1.09 bits per heavy atom. The number of morpholine rings is 1. The number of nitrogens with zero attached hydrogens (tertiary/aromatic N) is 3. The minimum atomic E-state index is -0.460. The summed E-state index contributed by atoms with van der Waals surface area (Å²) in [7, 11) is 0. The standard InChI is InChI=1S/C24H32ClN3O5/c25-21-6-3-4-7-22(21)33-24(30)27-10-11-28(19(17-27)16-20-18-32-20)23(29)8-2-1-5-9-26-12-14-31-15-13-26/h3-4,6-7,16,19H,1-2,5,8-15,17-18H2/t19-/m1/s1. The van der Waals surface area contributed by atoms with Crippen molar-refractivity contribution in [2.75, 3.05) is 59.1 Å². The lowest BCUT2D eigenvalue weighted by molar-refractivity contribution is -0.134. The van der Waals surface area contributed by atoms with Crippen LogP contribution >= 0.6 is 11.6 Å². The van der Waals surface area contributed by atoms with E-state index in [4.69, 9.17) is 25.8 Å².